The number of H-pyrrole nitrogens is 1. The Bertz CT molecular complexity index is 310. The number of aromatic nitrogens is 2. The molecule has 0 aromatic carbocycles. The van der Waals surface area contributed by atoms with Crippen LogP contribution < -0.4 is 0 Å². The van der Waals surface area contributed by atoms with Crippen LogP contribution in [-0.4, -0.2) is 15.4 Å². The lowest BCUT2D eigenvalue weighted by atomic mass is 10.2. The summed E-state index contributed by atoms with van der Waals surface area (Å²) >= 11 is 5.07. The molecule has 0 amide bonds. The Balaban J connectivity index is 3.21. The van der Waals surface area contributed by atoms with E-state index in [0.717, 1.165) is 0 Å². The smallest absolute Gasteiger partial charge is 0.282 e. The Morgan fingerprint density at radius 1 is 1.67 bits per heavy atom. The van der Waals surface area contributed by atoms with Crippen molar-refractivity contribution in [2.45, 2.75) is 13.3 Å². The molecule has 1 aromatic heterocycles. The molecule has 0 fully saturated rings. The molecule has 0 bridgehead atoms. The first-order chi connectivity index (χ1) is 5.54. The fourth-order valence-electron chi connectivity index (χ4n) is 0.854. The molecule has 6 heteroatoms. The van der Waals surface area contributed by atoms with Gasteiger partial charge in [0.05, 0.1) is 5.56 Å². The Hall–Kier alpha value is -0.970. The number of halogens is 3. The summed E-state index contributed by atoms with van der Waals surface area (Å²) in [6.45, 7) is 1.45. The van der Waals surface area contributed by atoms with E-state index >= 15 is 0 Å². The van der Waals surface area contributed by atoms with Crippen molar-refractivity contribution in [3.63, 3.8) is 0 Å². The van der Waals surface area contributed by atoms with Crippen molar-refractivity contribution in [2.24, 2.45) is 0 Å². The number of nitrogens with zero attached hydrogens (tertiary/aromatic N) is 1. The van der Waals surface area contributed by atoms with E-state index in [4.69, 9.17) is 11.6 Å². The molecule has 0 spiro atoms. The fourth-order valence-corrected chi connectivity index (χ4v) is 1.09. The second-order valence-electron chi connectivity index (χ2n) is 2.18. The van der Waals surface area contributed by atoms with E-state index in [2.05, 4.69) is 10.2 Å². The third kappa shape index (κ3) is 1.45. The van der Waals surface area contributed by atoms with E-state index in [9.17, 15) is 13.6 Å². The van der Waals surface area contributed by atoms with Crippen molar-refractivity contribution in [2.75, 3.05) is 0 Å². The minimum absolute atomic E-state index is 0.230. The summed E-state index contributed by atoms with van der Waals surface area (Å²) < 4.78 is 24.2. The number of rotatable bonds is 2. The summed E-state index contributed by atoms with van der Waals surface area (Å²) in [5.41, 5.74) is -0.565. The lowest BCUT2D eigenvalue weighted by Gasteiger charge is -1.95. The highest BCUT2D eigenvalue weighted by molar-refractivity contribution is 6.68. The second kappa shape index (κ2) is 3.18. The van der Waals surface area contributed by atoms with Crippen molar-refractivity contribution in [1.29, 1.82) is 0 Å². The van der Waals surface area contributed by atoms with Gasteiger partial charge >= 0.3 is 0 Å². The molecule has 0 atom stereocenters. The van der Waals surface area contributed by atoms with Crippen LogP contribution >= 0.6 is 11.6 Å². The monoisotopic (exact) mass is 194 g/mol. The number of hydrogen-bond donors (Lipinski definition) is 1. The lowest BCUT2D eigenvalue weighted by Crippen LogP contribution is -1.96. The van der Waals surface area contributed by atoms with Gasteiger partial charge in [-0.05, 0) is 18.5 Å². The van der Waals surface area contributed by atoms with Gasteiger partial charge in [0.1, 0.15) is 5.69 Å². The Morgan fingerprint density at radius 2 is 2.25 bits per heavy atom. The average molecular weight is 195 g/mol. The van der Waals surface area contributed by atoms with Gasteiger partial charge < -0.3 is 0 Å². The van der Waals surface area contributed by atoms with Crippen LogP contribution in [0.5, 0.6) is 0 Å². The van der Waals surface area contributed by atoms with Gasteiger partial charge in [-0.15, -0.1) is 0 Å². The summed E-state index contributed by atoms with van der Waals surface area (Å²) in [5.74, 6) is 0. The summed E-state index contributed by atoms with van der Waals surface area (Å²) in [6, 6.07) is 0. The van der Waals surface area contributed by atoms with Gasteiger partial charge in [-0.2, -0.15) is 5.10 Å². The molecule has 0 aliphatic carbocycles. The normalized spacial score (nSPS) is 10.8. The number of alkyl halides is 2. The third-order valence-corrected chi connectivity index (χ3v) is 1.57. The van der Waals surface area contributed by atoms with E-state index < -0.39 is 17.4 Å². The van der Waals surface area contributed by atoms with Crippen molar-refractivity contribution in [3.05, 3.63) is 17.0 Å². The minimum atomic E-state index is -2.78. The van der Waals surface area contributed by atoms with Crippen LogP contribution in [0.4, 0.5) is 8.78 Å². The van der Waals surface area contributed by atoms with E-state index in [-0.39, 0.29) is 11.3 Å². The maximum atomic E-state index is 12.1. The predicted octanol–water partition coefficient (Wildman–Crippen LogP) is 2.03. The molecule has 1 heterocycles. The van der Waals surface area contributed by atoms with Crippen LogP contribution in [0.15, 0.2) is 0 Å². The molecule has 0 aliphatic rings. The molecule has 0 saturated heterocycles. The molecule has 66 valence electrons. The molecule has 1 rings (SSSR count). The largest absolute Gasteiger partial charge is 0.282 e. The number of nitrogens with one attached hydrogen (secondary N) is 1. The van der Waals surface area contributed by atoms with Crippen LogP contribution in [0.3, 0.4) is 0 Å². The summed E-state index contributed by atoms with van der Waals surface area (Å²) in [4.78, 5) is 10.6. The van der Waals surface area contributed by atoms with Gasteiger partial charge in [-0.3, -0.25) is 9.89 Å². The van der Waals surface area contributed by atoms with Crippen molar-refractivity contribution in [1.82, 2.24) is 10.2 Å². The molecular formula is C6H5ClF2N2O. The third-order valence-electron chi connectivity index (χ3n) is 1.38. The highest BCUT2D eigenvalue weighted by Gasteiger charge is 2.22. The molecule has 1 N–H and O–H groups in total. The standard InChI is InChI=1S/C6H5ClF2N2O/c1-2-3(5(7)12)4(6(8)9)11-10-2/h6H,1H3,(H,10,11). The Kier molecular flexibility index (Phi) is 2.42. The van der Waals surface area contributed by atoms with Gasteiger partial charge in [0.25, 0.3) is 11.7 Å². The van der Waals surface area contributed by atoms with E-state index in [1.807, 2.05) is 0 Å². The Labute approximate surface area is 71.7 Å². The zero-order chi connectivity index (χ0) is 9.30. The predicted molar refractivity (Wildman–Crippen MR) is 38.5 cm³/mol. The first-order valence-corrected chi connectivity index (χ1v) is 3.44. The van der Waals surface area contributed by atoms with Crippen molar-refractivity contribution in [3.8, 4) is 0 Å². The first kappa shape index (κ1) is 9.12. The highest BCUT2D eigenvalue weighted by atomic mass is 35.5. The van der Waals surface area contributed by atoms with Gasteiger partial charge in [0.15, 0.2) is 0 Å². The van der Waals surface area contributed by atoms with E-state index in [1.54, 1.807) is 0 Å². The SMILES string of the molecule is Cc1[nH]nc(C(F)F)c1C(=O)Cl. The molecule has 0 radical (unpaired) electrons. The summed E-state index contributed by atoms with van der Waals surface area (Å²) in [6.07, 6.45) is -2.78. The number of aryl methyl sites for hydroxylation is 1. The minimum Gasteiger partial charge on any atom is -0.282 e. The Morgan fingerprint density at radius 3 is 2.58 bits per heavy atom. The van der Waals surface area contributed by atoms with Gasteiger partial charge in [-0.1, -0.05) is 0 Å². The zero-order valence-corrected chi connectivity index (χ0v) is 6.82. The highest BCUT2D eigenvalue weighted by Crippen LogP contribution is 2.23. The van der Waals surface area contributed by atoms with Crippen LogP contribution in [-0.2, 0) is 0 Å². The molecule has 0 saturated carbocycles. The van der Waals surface area contributed by atoms with Crippen LogP contribution in [0, 0.1) is 6.92 Å². The van der Waals surface area contributed by atoms with E-state index in [1.165, 1.54) is 6.92 Å². The number of carbonyl (C=O) groups excluding carboxylic acids is 1. The molecular weight excluding hydrogens is 190 g/mol. The summed E-state index contributed by atoms with van der Waals surface area (Å²) in [5, 5.41) is 4.60. The summed E-state index contributed by atoms with van der Waals surface area (Å²) in [7, 11) is 0. The van der Waals surface area contributed by atoms with Crippen LogP contribution in [0.2, 0.25) is 0 Å². The van der Waals surface area contributed by atoms with Crippen molar-refractivity contribution >= 4 is 16.8 Å². The first-order valence-electron chi connectivity index (χ1n) is 3.07. The van der Waals surface area contributed by atoms with Gasteiger partial charge in [-0.25, -0.2) is 8.78 Å². The van der Waals surface area contributed by atoms with Crippen molar-refractivity contribution < 1.29 is 13.6 Å². The maximum Gasteiger partial charge on any atom is 0.282 e. The molecule has 1 aromatic rings. The maximum absolute atomic E-state index is 12.1. The van der Waals surface area contributed by atoms with Gasteiger partial charge in [0.2, 0.25) is 0 Å². The molecule has 0 unspecified atom stereocenters. The molecule has 3 nitrogen and oxygen atoms in total. The van der Waals surface area contributed by atoms with Crippen LogP contribution in [0.1, 0.15) is 28.2 Å². The van der Waals surface area contributed by atoms with Crippen LogP contribution in [0.25, 0.3) is 0 Å². The number of hydrogen-bond acceptors (Lipinski definition) is 2. The number of aromatic amines is 1. The molecule has 0 aliphatic heterocycles. The average Bonchev–Trinajstić information content (AvgIpc) is 2.30. The van der Waals surface area contributed by atoms with E-state index in [0.29, 0.717) is 0 Å². The zero-order valence-electron chi connectivity index (χ0n) is 6.07. The molecule has 12 heavy (non-hydrogen) atoms. The topological polar surface area (TPSA) is 45.8 Å². The second-order valence-corrected chi connectivity index (χ2v) is 2.53. The lowest BCUT2D eigenvalue weighted by molar-refractivity contribution is 0.106. The fraction of sp³-hybridized carbons (Fsp3) is 0.333. The number of carbonyl (C=O) groups is 1. The van der Waals surface area contributed by atoms with Gasteiger partial charge in [0, 0.05) is 5.69 Å². The quantitative estimate of drug-likeness (QED) is 0.733.